The average molecular weight is 521 g/mol. The first-order chi connectivity index (χ1) is 13.6. The maximum Gasteiger partial charge on any atom is 0.191 e. The molecule has 3 N–H and O–H groups in total. The fourth-order valence-corrected chi connectivity index (χ4v) is 3.87. The molecule has 1 aliphatic heterocycles. The maximum absolute atomic E-state index is 13.9. The standard InChI is InChI=1S/C22H36FN3O2.HI/c1-3-6-18(9-12-27)16-25-21(24-4-2)26-17-22(10-13-28-14-11-22)19-7-5-8-20(23)15-19;/h5,7-8,15,18,27H,3-4,6,9-14,16-17H2,1-2H3,(H2,24,25,26);1H. The third-order valence-corrected chi connectivity index (χ3v) is 5.56. The molecule has 0 amide bonds. The van der Waals surface area contributed by atoms with Crippen LogP contribution in [-0.2, 0) is 10.2 Å². The van der Waals surface area contributed by atoms with Gasteiger partial charge in [0.2, 0.25) is 0 Å². The molecule has 1 unspecified atom stereocenters. The maximum atomic E-state index is 13.9. The van der Waals surface area contributed by atoms with Crippen LogP contribution in [0.25, 0.3) is 0 Å². The Labute approximate surface area is 191 Å². The predicted molar refractivity (Wildman–Crippen MR) is 128 cm³/mol. The Hall–Kier alpha value is -0.930. The Morgan fingerprint density at radius 1 is 1.24 bits per heavy atom. The molecule has 0 aromatic heterocycles. The summed E-state index contributed by atoms with van der Waals surface area (Å²) in [5, 5.41) is 16.0. The van der Waals surface area contributed by atoms with Crippen molar-refractivity contribution in [3.05, 3.63) is 35.6 Å². The van der Waals surface area contributed by atoms with Crippen molar-refractivity contribution >= 4 is 29.9 Å². The van der Waals surface area contributed by atoms with Crippen molar-refractivity contribution in [3.8, 4) is 0 Å². The normalized spacial score (nSPS) is 17.3. The Kier molecular flexibility index (Phi) is 12.7. The van der Waals surface area contributed by atoms with Crippen LogP contribution in [0.3, 0.4) is 0 Å². The third kappa shape index (κ3) is 8.38. The average Bonchev–Trinajstić information content (AvgIpc) is 2.71. The van der Waals surface area contributed by atoms with E-state index in [1.165, 1.54) is 6.07 Å². The van der Waals surface area contributed by atoms with E-state index in [4.69, 9.17) is 9.73 Å². The predicted octanol–water partition coefficient (Wildman–Crippen LogP) is 3.85. The van der Waals surface area contributed by atoms with Crippen LogP contribution in [0.4, 0.5) is 4.39 Å². The number of aliphatic hydroxyl groups is 1. The molecular weight excluding hydrogens is 484 g/mol. The third-order valence-electron chi connectivity index (χ3n) is 5.56. The van der Waals surface area contributed by atoms with Crippen LogP contribution >= 0.6 is 24.0 Å². The molecule has 0 radical (unpaired) electrons. The minimum atomic E-state index is -0.205. The summed E-state index contributed by atoms with van der Waals surface area (Å²) in [6.45, 7) is 7.92. The van der Waals surface area contributed by atoms with E-state index in [0.717, 1.165) is 56.7 Å². The van der Waals surface area contributed by atoms with Crippen LogP contribution in [0, 0.1) is 11.7 Å². The van der Waals surface area contributed by atoms with Gasteiger partial charge in [0.1, 0.15) is 5.82 Å². The van der Waals surface area contributed by atoms with Crippen LogP contribution in [0.2, 0.25) is 0 Å². The molecule has 5 nitrogen and oxygen atoms in total. The molecule has 1 atom stereocenters. The highest BCUT2D eigenvalue weighted by molar-refractivity contribution is 14.0. The lowest BCUT2D eigenvalue weighted by molar-refractivity contribution is 0.0530. The van der Waals surface area contributed by atoms with Gasteiger partial charge in [0.25, 0.3) is 0 Å². The summed E-state index contributed by atoms with van der Waals surface area (Å²) in [6, 6.07) is 6.91. The van der Waals surface area contributed by atoms with E-state index in [2.05, 4.69) is 17.6 Å². The zero-order valence-corrected chi connectivity index (χ0v) is 20.1. The number of aliphatic hydroxyl groups excluding tert-OH is 1. The zero-order chi connectivity index (χ0) is 20.2. The minimum Gasteiger partial charge on any atom is -0.396 e. The van der Waals surface area contributed by atoms with Crippen LogP contribution in [0.15, 0.2) is 29.3 Å². The summed E-state index contributed by atoms with van der Waals surface area (Å²) in [5.74, 6) is 1.01. The van der Waals surface area contributed by atoms with E-state index >= 15 is 0 Å². The quantitative estimate of drug-likeness (QED) is 0.249. The molecule has 0 saturated carbocycles. The Morgan fingerprint density at radius 2 is 2.00 bits per heavy atom. The molecule has 1 aromatic carbocycles. The summed E-state index contributed by atoms with van der Waals surface area (Å²) in [4.78, 5) is 4.86. The van der Waals surface area contributed by atoms with Gasteiger partial charge in [0.05, 0.1) is 6.54 Å². The lowest BCUT2D eigenvalue weighted by Crippen LogP contribution is -2.42. The van der Waals surface area contributed by atoms with E-state index in [9.17, 15) is 9.50 Å². The van der Waals surface area contributed by atoms with E-state index in [1.54, 1.807) is 12.1 Å². The molecule has 1 aromatic rings. The molecule has 1 fully saturated rings. The summed E-state index contributed by atoms with van der Waals surface area (Å²) < 4.78 is 19.4. The molecule has 2 rings (SSSR count). The number of aliphatic imine (C=N–C) groups is 1. The Morgan fingerprint density at radius 3 is 2.62 bits per heavy atom. The van der Waals surface area contributed by atoms with Gasteiger partial charge in [-0.15, -0.1) is 24.0 Å². The SMILES string of the molecule is CCCC(CCO)CNC(=NCC1(c2cccc(F)c2)CCOCC1)NCC.I. The molecule has 0 aliphatic carbocycles. The van der Waals surface area contributed by atoms with E-state index < -0.39 is 0 Å². The van der Waals surface area contributed by atoms with Crippen molar-refractivity contribution in [3.63, 3.8) is 0 Å². The number of hydrogen-bond acceptors (Lipinski definition) is 3. The second kappa shape index (κ2) is 14.1. The molecule has 166 valence electrons. The van der Waals surface area contributed by atoms with Crippen molar-refractivity contribution < 1.29 is 14.2 Å². The first-order valence-electron chi connectivity index (χ1n) is 10.6. The number of hydrogen-bond donors (Lipinski definition) is 3. The fraction of sp³-hybridized carbons (Fsp3) is 0.682. The van der Waals surface area contributed by atoms with Crippen molar-refractivity contribution in [2.24, 2.45) is 10.9 Å². The van der Waals surface area contributed by atoms with Gasteiger partial charge in [-0.05, 0) is 56.2 Å². The summed E-state index contributed by atoms with van der Waals surface area (Å²) in [5.41, 5.74) is 0.802. The second-order valence-electron chi connectivity index (χ2n) is 7.65. The van der Waals surface area contributed by atoms with Crippen molar-refractivity contribution in [1.82, 2.24) is 10.6 Å². The monoisotopic (exact) mass is 521 g/mol. The summed E-state index contributed by atoms with van der Waals surface area (Å²) in [7, 11) is 0. The minimum absolute atomic E-state index is 0. The summed E-state index contributed by atoms with van der Waals surface area (Å²) >= 11 is 0. The lowest BCUT2D eigenvalue weighted by Gasteiger charge is -2.36. The molecular formula is C22H37FIN3O2. The smallest absolute Gasteiger partial charge is 0.191 e. The zero-order valence-electron chi connectivity index (χ0n) is 17.8. The van der Waals surface area contributed by atoms with Crippen molar-refractivity contribution in [2.75, 3.05) is 39.5 Å². The number of guanidine groups is 1. The van der Waals surface area contributed by atoms with Gasteiger partial charge in [-0.25, -0.2) is 4.39 Å². The van der Waals surface area contributed by atoms with Gasteiger partial charge in [0, 0.05) is 38.3 Å². The number of halogens is 2. The number of nitrogens with zero attached hydrogens (tertiary/aromatic N) is 1. The molecule has 1 saturated heterocycles. The first kappa shape index (κ1) is 26.1. The molecule has 0 spiro atoms. The number of ether oxygens (including phenoxy) is 1. The second-order valence-corrected chi connectivity index (χ2v) is 7.65. The number of nitrogens with one attached hydrogen (secondary N) is 2. The van der Waals surface area contributed by atoms with Gasteiger partial charge in [-0.3, -0.25) is 4.99 Å². The van der Waals surface area contributed by atoms with E-state index in [0.29, 0.717) is 25.7 Å². The number of benzene rings is 1. The topological polar surface area (TPSA) is 65.9 Å². The van der Waals surface area contributed by atoms with Crippen molar-refractivity contribution in [2.45, 2.75) is 51.4 Å². The van der Waals surface area contributed by atoms with Crippen LogP contribution in [-0.4, -0.2) is 50.5 Å². The highest BCUT2D eigenvalue weighted by Gasteiger charge is 2.34. The molecule has 1 heterocycles. The van der Waals surface area contributed by atoms with Gasteiger partial charge in [-0.2, -0.15) is 0 Å². The van der Waals surface area contributed by atoms with Crippen LogP contribution in [0.1, 0.15) is 51.5 Å². The highest BCUT2D eigenvalue weighted by Crippen LogP contribution is 2.35. The van der Waals surface area contributed by atoms with E-state index in [-0.39, 0.29) is 41.8 Å². The Balaban J connectivity index is 0.00000420. The molecule has 1 aliphatic rings. The van der Waals surface area contributed by atoms with Crippen molar-refractivity contribution in [1.29, 1.82) is 0 Å². The van der Waals surface area contributed by atoms with Gasteiger partial charge < -0.3 is 20.5 Å². The highest BCUT2D eigenvalue weighted by atomic mass is 127. The van der Waals surface area contributed by atoms with Gasteiger partial charge >= 0.3 is 0 Å². The first-order valence-corrected chi connectivity index (χ1v) is 10.6. The van der Waals surface area contributed by atoms with Gasteiger partial charge in [-0.1, -0.05) is 25.5 Å². The van der Waals surface area contributed by atoms with Crippen LogP contribution in [0.5, 0.6) is 0 Å². The fourth-order valence-electron chi connectivity index (χ4n) is 3.87. The molecule has 7 heteroatoms. The molecule has 0 bridgehead atoms. The Bertz CT molecular complexity index is 603. The number of rotatable bonds is 10. The largest absolute Gasteiger partial charge is 0.396 e. The molecule has 29 heavy (non-hydrogen) atoms. The van der Waals surface area contributed by atoms with Crippen LogP contribution < -0.4 is 10.6 Å². The van der Waals surface area contributed by atoms with Gasteiger partial charge in [0.15, 0.2) is 5.96 Å². The lowest BCUT2D eigenvalue weighted by atomic mass is 9.74. The van der Waals surface area contributed by atoms with E-state index in [1.807, 2.05) is 13.0 Å². The summed E-state index contributed by atoms with van der Waals surface area (Å²) in [6.07, 6.45) is 4.65.